The summed E-state index contributed by atoms with van der Waals surface area (Å²) in [6, 6.07) is 6.23. The summed E-state index contributed by atoms with van der Waals surface area (Å²) >= 11 is 0. The SMILES string of the molecule is O=C(NCCc1ccc(F)cc1)c1cnc(N2CCOCC2)cn1. The summed E-state index contributed by atoms with van der Waals surface area (Å²) in [6.45, 7) is 3.35. The number of carbonyl (C=O) groups excluding carboxylic acids is 1. The average Bonchev–Trinajstić information content (AvgIpc) is 2.64. The molecular formula is C17H19FN4O2. The third-order valence-electron chi connectivity index (χ3n) is 3.82. The molecular weight excluding hydrogens is 311 g/mol. The fourth-order valence-electron chi connectivity index (χ4n) is 2.46. The van der Waals surface area contributed by atoms with Gasteiger partial charge in [-0.3, -0.25) is 4.79 Å². The molecule has 0 aliphatic carbocycles. The van der Waals surface area contributed by atoms with Crippen molar-refractivity contribution < 1.29 is 13.9 Å². The first kappa shape index (κ1) is 16.3. The summed E-state index contributed by atoms with van der Waals surface area (Å²) in [6.07, 6.45) is 3.73. The monoisotopic (exact) mass is 330 g/mol. The zero-order valence-electron chi connectivity index (χ0n) is 13.2. The molecule has 1 aromatic heterocycles. The van der Waals surface area contributed by atoms with Gasteiger partial charge in [0.2, 0.25) is 0 Å². The third-order valence-corrected chi connectivity index (χ3v) is 3.82. The van der Waals surface area contributed by atoms with Crippen molar-refractivity contribution >= 4 is 11.7 Å². The Labute approximate surface area is 139 Å². The molecule has 2 aromatic rings. The van der Waals surface area contributed by atoms with Crippen molar-refractivity contribution in [2.45, 2.75) is 6.42 Å². The highest BCUT2D eigenvalue weighted by atomic mass is 19.1. The van der Waals surface area contributed by atoms with Crippen molar-refractivity contribution in [3.05, 3.63) is 53.7 Å². The summed E-state index contributed by atoms with van der Waals surface area (Å²) in [7, 11) is 0. The van der Waals surface area contributed by atoms with Gasteiger partial charge in [0.05, 0.1) is 25.6 Å². The number of aromatic nitrogens is 2. The third kappa shape index (κ3) is 4.26. The maximum atomic E-state index is 12.8. The normalized spacial score (nSPS) is 14.5. The number of halogens is 1. The maximum absolute atomic E-state index is 12.8. The topological polar surface area (TPSA) is 67.4 Å². The van der Waals surface area contributed by atoms with Crippen LogP contribution in [0.4, 0.5) is 10.2 Å². The summed E-state index contributed by atoms with van der Waals surface area (Å²) in [5.74, 6) is 0.220. The largest absolute Gasteiger partial charge is 0.378 e. The number of hydrogen-bond acceptors (Lipinski definition) is 5. The van der Waals surface area contributed by atoms with Crippen molar-refractivity contribution in [1.29, 1.82) is 0 Å². The zero-order chi connectivity index (χ0) is 16.8. The van der Waals surface area contributed by atoms with E-state index in [0.29, 0.717) is 26.2 Å². The molecule has 0 radical (unpaired) electrons. The minimum Gasteiger partial charge on any atom is -0.378 e. The smallest absolute Gasteiger partial charge is 0.271 e. The molecule has 0 saturated carbocycles. The Morgan fingerprint density at radius 2 is 1.92 bits per heavy atom. The van der Waals surface area contributed by atoms with Gasteiger partial charge in [0.1, 0.15) is 17.3 Å². The number of amides is 1. The molecule has 126 valence electrons. The number of ether oxygens (including phenoxy) is 1. The second-order valence-electron chi connectivity index (χ2n) is 5.49. The van der Waals surface area contributed by atoms with Crippen molar-refractivity contribution in [2.24, 2.45) is 0 Å². The van der Waals surface area contributed by atoms with Crippen LogP contribution in [0.3, 0.4) is 0 Å². The van der Waals surface area contributed by atoms with E-state index < -0.39 is 0 Å². The highest BCUT2D eigenvalue weighted by molar-refractivity contribution is 5.92. The van der Waals surface area contributed by atoms with Gasteiger partial charge in [-0.15, -0.1) is 0 Å². The van der Waals surface area contributed by atoms with Crippen LogP contribution in [0.1, 0.15) is 16.1 Å². The van der Waals surface area contributed by atoms with Crippen LogP contribution in [0.2, 0.25) is 0 Å². The van der Waals surface area contributed by atoms with Crippen LogP contribution >= 0.6 is 0 Å². The van der Waals surface area contributed by atoms with Crippen LogP contribution < -0.4 is 10.2 Å². The first-order valence-corrected chi connectivity index (χ1v) is 7.90. The Balaban J connectivity index is 1.50. The molecule has 1 amide bonds. The van der Waals surface area contributed by atoms with Crippen LogP contribution in [0.25, 0.3) is 0 Å². The van der Waals surface area contributed by atoms with E-state index in [4.69, 9.17) is 4.74 Å². The lowest BCUT2D eigenvalue weighted by Crippen LogP contribution is -2.37. The lowest BCUT2D eigenvalue weighted by atomic mass is 10.1. The molecule has 2 heterocycles. The first-order chi connectivity index (χ1) is 11.7. The van der Waals surface area contributed by atoms with Crippen LogP contribution in [0.5, 0.6) is 0 Å². The zero-order valence-corrected chi connectivity index (χ0v) is 13.2. The second kappa shape index (κ2) is 7.83. The minimum absolute atomic E-state index is 0.265. The molecule has 0 spiro atoms. The van der Waals surface area contributed by atoms with E-state index in [1.165, 1.54) is 18.3 Å². The van der Waals surface area contributed by atoms with Crippen molar-refractivity contribution in [1.82, 2.24) is 15.3 Å². The van der Waals surface area contributed by atoms with E-state index >= 15 is 0 Å². The lowest BCUT2D eigenvalue weighted by Gasteiger charge is -2.27. The number of carbonyl (C=O) groups is 1. The van der Waals surface area contributed by atoms with Crippen LogP contribution in [0.15, 0.2) is 36.7 Å². The molecule has 1 N–H and O–H groups in total. The van der Waals surface area contributed by atoms with Crippen molar-refractivity contribution in [3.63, 3.8) is 0 Å². The van der Waals surface area contributed by atoms with Gasteiger partial charge >= 0.3 is 0 Å². The Bertz CT molecular complexity index is 670. The van der Waals surface area contributed by atoms with Crippen LogP contribution in [-0.2, 0) is 11.2 Å². The molecule has 6 nitrogen and oxygen atoms in total. The van der Waals surface area contributed by atoms with E-state index in [1.54, 1.807) is 18.3 Å². The number of morpholine rings is 1. The number of anilines is 1. The van der Waals surface area contributed by atoms with Gasteiger partial charge in [0.15, 0.2) is 0 Å². The van der Waals surface area contributed by atoms with E-state index in [-0.39, 0.29) is 17.4 Å². The maximum Gasteiger partial charge on any atom is 0.271 e. The molecule has 7 heteroatoms. The molecule has 1 aliphatic rings. The number of benzene rings is 1. The summed E-state index contributed by atoms with van der Waals surface area (Å²) < 4.78 is 18.1. The molecule has 0 atom stereocenters. The quantitative estimate of drug-likeness (QED) is 0.898. The Morgan fingerprint density at radius 1 is 1.17 bits per heavy atom. The summed E-state index contributed by atoms with van der Waals surface area (Å²) in [4.78, 5) is 22.6. The minimum atomic E-state index is -0.266. The van der Waals surface area contributed by atoms with Gasteiger partial charge in [0, 0.05) is 19.6 Å². The fraction of sp³-hybridized carbons (Fsp3) is 0.353. The highest BCUT2D eigenvalue weighted by Crippen LogP contribution is 2.11. The Kier molecular flexibility index (Phi) is 5.32. The Hall–Kier alpha value is -2.54. The number of rotatable bonds is 5. The first-order valence-electron chi connectivity index (χ1n) is 7.90. The highest BCUT2D eigenvalue weighted by Gasteiger charge is 2.14. The van der Waals surface area contributed by atoms with Gasteiger partial charge in [-0.1, -0.05) is 12.1 Å². The molecule has 1 aliphatic heterocycles. The van der Waals surface area contributed by atoms with Crippen LogP contribution in [0, 0.1) is 5.82 Å². The summed E-state index contributed by atoms with van der Waals surface area (Å²) in [5.41, 5.74) is 1.25. The molecule has 24 heavy (non-hydrogen) atoms. The second-order valence-corrected chi connectivity index (χ2v) is 5.49. The molecule has 0 bridgehead atoms. The van der Waals surface area contributed by atoms with E-state index in [9.17, 15) is 9.18 Å². The Morgan fingerprint density at radius 3 is 2.58 bits per heavy atom. The standard InChI is InChI=1S/C17H19FN4O2/c18-14-3-1-13(2-4-14)5-6-19-17(23)15-11-21-16(12-20-15)22-7-9-24-10-8-22/h1-4,11-12H,5-10H2,(H,19,23). The van der Waals surface area contributed by atoms with Crippen molar-refractivity contribution in [3.8, 4) is 0 Å². The number of hydrogen-bond donors (Lipinski definition) is 1. The fourth-order valence-corrected chi connectivity index (χ4v) is 2.46. The number of nitrogens with one attached hydrogen (secondary N) is 1. The molecule has 1 aromatic carbocycles. The van der Waals surface area contributed by atoms with Gasteiger partial charge < -0.3 is 15.0 Å². The lowest BCUT2D eigenvalue weighted by molar-refractivity contribution is 0.0948. The molecule has 1 saturated heterocycles. The van der Waals surface area contributed by atoms with Gasteiger partial charge in [-0.25, -0.2) is 14.4 Å². The van der Waals surface area contributed by atoms with Crippen LogP contribution in [-0.4, -0.2) is 48.7 Å². The molecule has 1 fully saturated rings. The van der Waals surface area contributed by atoms with Gasteiger partial charge in [-0.2, -0.15) is 0 Å². The van der Waals surface area contributed by atoms with Gasteiger partial charge in [0.25, 0.3) is 5.91 Å². The van der Waals surface area contributed by atoms with E-state index in [1.807, 2.05) is 0 Å². The summed E-state index contributed by atoms with van der Waals surface area (Å²) in [5, 5.41) is 2.79. The molecule has 3 rings (SSSR count). The average molecular weight is 330 g/mol. The molecule has 0 unspecified atom stereocenters. The van der Waals surface area contributed by atoms with Crippen molar-refractivity contribution in [2.75, 3.05) is 37.7 Å². The predicted molar refractivity (Wildman–Crippen MR) is 87.5 cm³/mol. The number of nitrogens with zero attached hydrogens (tertiary/aromatic N) is 3. The predicted octanol–water partition coefficient (Wildman–Crippen LogP) is 1.42. The van der Waals surface area contributed by atoms with Gasteiger partial charge in [-0.05, 0) is 24.1 Å². The van der Waals surface area contributed by atoms with E-state index in [0.717, 1.165) is 24.5 Å². The van der Waals surface area contributed by atoms with E-state index in [2.05, 4.69) is 20.2 Å².